The van der Waals surface area contributed by atoms with E-state index in [1.54, 1.807) is 17.9 Å². The van der Waals surface area contributed by atoms with Crippen molar-refractivity contribution in [2.24, 2.45) is 5.41 Å². The molecule has 154 valence electrons. The Kier molecular flexibility index (Phi) is 6.77. The molecule has 8 heteroatoms. The number of piperazine rings is 1. The first-order valence-corrected chi connectivity index (χ1v) is 9.29. The second-order valence-corrected chi connectivity index (χ2v) is 7.42. The molecule has 1 aromatic carbocycles. The lowest BCUT2D eigenvalue weighted by Crippen LogP contribution is -2.58. The zero-order chi connectivity index (χ0) is 21.1. The minimum Gasteiger partial charge on any atom is -0.396 e. The number of nitrogens with two attached hydrogens (primary N) is 1. The quantitative estimate of drug-likeness (QED) is 0.572. The molecule has 6 nitrogen and oxygen atoms in total. The second-order valence-electron chi connectivity index (χ2n) is 7.42. The van der Waals surface area contributed by atoms with Gasteiger partial charge < -0.3 is 20.9 Å². The van der Waals surface area contributed by atoms with Gasteiger partial charge in [0.2, 0.25) is 5.91 Å². The average molecular weight is 394 g/mol. The van der Waals surface area contributed by atoms with Gasteiger partial charge in [-0.25, -0.2) is 8.78 Å². The van der Waals surface area contributed by atoms with E-state index in [2.05, 4.69) is 11.9 Å². The summed E-state index contributed by atoms with van der Waals surface area (Å²) < 4.78 is 27.1. The third-order valence-corrected chi connectivity index (χ3v) is 5.51. The molecule has 28 heavy (non-hydrogen) atoms. The molecule has 0 aliphatic carbocycles. The third kappa shape index (κ3) is 4.32. The van der Waals surface area contributed by atoms with Gasteiger partial charge >= 0.3 is 0 Å². The second kappa shape index (κ2) is 8.68. The summed E-state index contributed by atoms with van der Waals surface area (Å²) in [6.45, 7) is 9.21. The first-order valence-electron chi connectivity index (χ1n) is 9.29. The van der Waals surface area contributed by atoms with Crippen molar-refractivity contribution < 1.29 is 18.4 Å². The van der Waals surface area contributed by atoms with Gasteiger partial charge in [-0.05, 0) is 32.5 Å². The van der Waals surface area contributed by atoms with Crippen LogP contribution < -0.4 is 11.1 Å². The standard InChI is InChI=1S/C20H28F2N4O2/c1-5-20(3,6-2)19(28)24-11-13-12-25(4)9-10-26(13)18(27)14-7-8-15(21)16(22)17(14)23/h5,7-8,13H,1,6,9-12,23H2,2-4H3,(H,24,28). The lowest BCUT2D eigenvalue weighted by atomic mass is 9.86. The highest BCUT2D eigenvalue weighted by Crippen LogP contribution is 2.24. The molecule has 1 aromatic rings. The number of anilines is 1. The molecule has 0 spiro atoms. The van der Waals surface area contributed by atoms with Crippen molar-refractivity contribution in [1.82, 2.24) is 15.1 Å². The number of nitrogens with zero attached hydrogens (tertiary/aromatic N) is 2. The van der Waals surface area contributed by atoms with Crippen molar-refractivity contribution in [3.05, 3.63) is 42.0 Å². The summed E-state index contributed by atoms with van der Waals surface area (Å²) in [6, 6.07) is 1.76. The van der Waals surface area contributed by atoms with Gasteiger partial charge in [-0.1, -0.05) is 13.0 Å². The Morgan fingerprint density at radius 3 is 2.68 bits per heavy atom. The molecule has 1 aliphatic heterocycles. The molecule has 2 amide bonds. The summed E-state index contributed by atoms with van der Waals surface area (Å²) in [5.41, 5.74) is 4.35. The van der Waals surface area contributed by atoms with E-state index in [9.17, 15) is 18.4 Å². The Balaban J connectivity index is 2.20. The number of benzene rings is 1. The van der Waals surface area contributed by atoms with Crippen LogP contribution in [0.3, 0.4) is 0 Å². The molecule has 2 atom stereocenters. The Labute approximate surface area is 164 Å². The Hall–Kier alpha value is -2.48. The van der Waals surface area contributed by atoms with Gasteiger partial charge in [0.05, 0.1) is 22.7 Å². The first-order chi connectivity index (χ1) is 13.1. The Bertz CT molecular complexity index is 771. The van der Waals surface area contributed by atoms with Gasteiger partial charge in [-0.3, -0.25) is 9.59 Å². The van der Waals surface area contributed by atoms with Crippen LogP contribution in [0.25, 0.3) is 0 Å². The van der Waals surface area contributed by atoms with Crippen molar-refractivity contribution in [1.29, 1.82) is 0 Å². The molecule has 2 rings (SSSR count). The van der Waals surface area contributed by atoms with Crippen LogP contribution in [0.15, 0.2) is 24.8 Å². The molecule has 1 aliphatic rings. The van der Waals surface area contributed by atoms with E-state index >= 15 is 0 Å². The maximum Gasteiger partial charge on any atom is 0.256 e. The van der Waals surface area contributed by atoms with E-state index in [1.165, 1.54) is 6.07 Å². The van der Waals surface area contributed by atoms with E-state index in [0.29, 0.717) is 26.1 Å². The van der Waals surface area contributed by atoms with Crippen molar-refractivity contribution in [3.63, 3.8) is 0 Å². The monoisotopic (exact) mass is 394 g/mol. The highest BCUT2D eigenvalue weighted by Gasteiger charge is 2.33. The molecule has 2 unspecified atom stereocenters. The average Bonchev–Trinajstić information content (AvgIpc) is 2.69. The number of halogens is 2. The number of rotatable bonds is 6. The van der Waals surface area contributed by atoms with Gasteiger partial charge in [-0.15, -0.1) is 6.58 Å². The molecule has 1 heterocycles. The van der Waals surface area contributed by atoms with Crippen LogP contribution in [0.4, 0.5) is 14.5 Å². The van der Waals surface area contributed by atoms with Crippen molar-refractivity contribution in [3.8, 4) is 0 Å². The van der Waals surface area contributed by atoms with Crippen molar-refractivity contribution in [2.75, 3.05) is 39.0 Å². The first kappa shape index (κ1) is 21.8. The number of hydrogen-bond donors (Lipinski definition) is 2. The van der Waals surface area contributed by atoms with Gasteiger partial charge in [0, 0.05) is 26.2 Å². The number of hydrogen-bond acceptors (Lipinski definition) is 4. The molecular weight excluding hydrogens is 366 g/mol. The van der Waals surface area contributed by atoms with Crippen LogP contribution in [0.5, 0.6) is 0 Å². The SMILES string of the molecule is C=CC(C)(CC)C(=O)NCC1CN(C)CCN1C(=O)c1ccc(F)c(F)c1N. The minimum absolute atomic E-state index is 0.0794. The number of amides is 2. The number of likely N-dealkylation sites (N-methyl/N-ethyl adjacent to an activating group) is 1. The lowest BCUT2D eigenvalue weighted by molar-refractivity contribution is -0.128. The molecule has 0 saturated carbocycles. The van der Waals surface area contributed by atoms with Gasteiger partial charge in [-0.2, -0.15) is 0 Å². The van der Waals surface area contributed by atoms with Crippen molar-refractivity contribution in [2.45, 2.75) is 26.3 Å². The molecule has 3 N–H and O–H groups in total. The van der Waals surface area contributed by atoms with Crippen LogP contribution in [-0.4, -0.2) is 60.9 Å². The summed E-state index contributed by atoms with van der Waals surface area (Å²) in [5, 5.41) is 2.89. The highest BCUT2D eigenvalue weighted by molar-refractivity contribution is 5.99. The molecule has 1 fully saturated rings. The van der Waals surface area contributed by atoms with Gasteiger partial charge in [0.1, 0.15) is 0 Å². The summed E-state index contributed by atoms with van der Waals surface area (Å²) in [4.78, 5) is 29.1. The van der Waals surface area contributed by atoms with Crippen LogP contribution in [0.2, 0.25) is 0 Å². The molecule has 0 radical (unpaired) electrons. The van der Waals surface area contributed by atoms with Crippen LogP contribution in [0.1, 0.15) is 30.6 Å². The highest BCUT2D eigenvalue weighted by atomic mass is 19.2. The van der Waals surface area contributed by atoms with Crippen LogP contribution >= 0.6 is 0 Å². The maximum absolute atomic E-state index is 13.8. The number of carbonyl (C=O) groups excluding carboxylic acids is 2. The number of carbonyl (C=O) groups is 2. The summed E-state index contributed by atoms with van der Waals surface area (Å²) >= 11 is 0. The largest absolute Gasteiger partial charge is 0.396 e. The fourth-order valence-corrected chi connectivity index (χ4v) is 3.17. The predicted octanol–water partition coefficient (Wildman–Crippen LogP) is 2.02. The van der Waals surface area contributed by atoms with Crippen LogP contribution in [0, 0.1) is 17.0 Å². The molecule has 1 saturated heterocycles. The van der Waals surface area contributed by atoms with E-state index in [0.717, 1.165) is 6.07 Å². The fourth-order valence-electron chi connectivity index (χ4n) is 3.17. The summed E-state index contributed by atoms with van der Waals surface area (Å²) in [5.74, 6) is -2.97. The van der Waals surface area contributed by atoms with E-state index in [1.807, 2.05) is 18.9 Å². The molecule has 0 bridgehead atoms. The normalized spacial score (nSPS) is 19.8. The van der Waals surface area contributed by atoms with E-state index < -0.39 is 28.6 Å². The summed E-state index contributed by atoms with van der Waals surface area (Å²) in [7, 11) is 1.92. The third-order valence-electron chi connectivity index (χ3n) is 5.51. The van der Waals surface area contributed by atoms with E-state index in [4.69, 9.17) is 5.73 Å². The zero-order valence-corrected chi connectivity index (χ0v) is 16.6. The van der Waals surface area contributed by atoms with Gasteiger partial charge in [0.15, 0.2) is 11.6 Å². The smallest absolute Gasteiger partial charge is 0.256 e. The predicted molar refractivity (Wildman–Crippen MR) is 105 cm³/mol. The minimum atomic E-state index is -1.23. The number of nitrogen functional groups attached to an aromatic ring is 1. The van der Waals surface area contributed by atoms with Gasteiger partial charge in [0.25, 0.3) is 5.91 Å². The fraction of sp³-hybridized carbons (Fsp3) is 0.500. The Morgan fingerprint density at radius 2 is 2.07 bits per heavy atom. The zero-order valence-electron chi connectivity index (χ0n) is 16.6. The molecule has 0 aromatic heterocycles. The number of nitrogens with one attached hydrogen (secondary N) is 1. The van der Waals surface area contributed by atoms with Crippen LogP contribution in [-0.2, 0) is 4.79 Å². The Morgan fingerprint density at radius 1 is 1.39 bits per heavy atom. The maximum atomic E-state index is 13.8. The van der Waals surface area contributed by atoms with Crippen molar-refractivity contribution >= 4 is 17.5 Å². The summed E-state index contributed by atoms with van der Waals surface area (Å²) in [6.07, 6.45) is 2.21. The topological polar surface area (TPSA) is 78.7 Å². The molecular formula is C20H28F2N4O2. The lowest BCUT2D eigenvalue weighted by Gasteiger charge is -2.40. The van der Waals surface area contributed by atoms with E-state index in [-0.39, 0.29) is 24.1 Å².